The third kappa shape index (κ3) is 2.71. The summed E-state index contributed by atoms with van der Waals surface area (Å²) in [6.07, 6.45) is 1.70. The van der Waals surface area contributed by atoms with Gasteiger partial charge in [-0.25, -0.2) is 0 Å². The zero-order chi connectivity index (χ0) is 9.52. The first kappa shape index (κ1) is 9.45. The summed E-state index contributed by atoms with van der Waals surface area (Å²) in [6.45, 7) is 1.86. The van der Waals surface area contributed by atoms with Gasteiger partial charge < -0.3 is 0 Å². The summed E-state index contributed by atoms with van der Waals surface area (Å²) in [4.78, 5) is 4.13. The summed E-state index contributed by atoms with van der Waals surface area (Å²) in [5.74, 6) is 0. The van der Waals surface area contributed by atoms with Crippen molar-refractivity contribution in [3.8, 4) is 0 Å². The van der Waals surface area contributed by atoms with E-state index in [0.717, 1.165) is 11.0 Å². The molecule has 1 rings (SSSR count). The molecule has 0 aliphatic carbocycles. The fraction of sp³-hybridized carbons (Fsp3) is 0.200. The molecule has 0 bridgehead atoms. The van der Waals surface area contributed by atoms with Crippen LogP contribution in [0.15, 0.2) is 40.4 Å². The van der Waals surface area contributed by atoms with Crippen molar-refractivity contribution in [1.82, 2.24) is 0 Å². The Hall–Kier alpha value is -1.64. The van der Waals surface area contributed by atoms with Gasteiger partial charge in [-0.1, -0.05) is 18.2 Å². The van der Waals surface area contributed by atoms with Crippen LogP contribution in [0.4, 0.5) is 5.69 Å². The fourth-order valence-corrected chi connectivity index (χ4v) is 0.961. The zero-order valence-electron chi connectivity index (χ0n) is 7.86. The Morgan fingerprint density at radius 1 is 1.23 bits per heavy atom. The average molecular weight is 175 g/mol. The van der Waals surface area contributed by atoms with Gasteiger partial charge >= 0.3 is 0 Å². The maximum absolute atomic E-state index is 4.13. The smallest absolute Gasteiger partial charge is 0.0820 e. The van der Waals surface area contributed by atoms with Crippen LogP contribution in [0.3, 0.4) is 0 Å². The van der Waals surface area contributed by atoms with Crippen LogP contribution in [0.1, 0.15) is 6.92 Å². The van der Waals surface area contributed by atoms with E-state index >= 15 is 0 Å². The van der Waals surface area contributed by atoms with E-state index < -0.39 is 0 Å². The van der Waals surface area contributed by atoms with Gasteiger partial charge in [0.2, 0.25) is 0 Å². The highest BCUT2D eigenvalue weighted by Crippen LogP contribution is 1.96. The lowest BCUT2D eigenvalue weighted by Crippen LogP contribution is -2.05. The molecule has 0 radical (unpaired) electrons. The van der Waals surface area contributed by atoms with Gasteiger partial charge in [0.25, 0.3) is 0 Å². The van der Waals surface area contributed by atoms with E-state index in [-0.39, 0.29) is 0 Å². The van der Waals surface area contributed by atoms with E-state index in [2.05, 4.69) is 15.5 Å². The number of hydrazone groups is 1. The molecule has 3 nitrogen and oxygen atoms in total. The van der Waals surface area contributed by atoms with Gasteiger partial charge in [0.05, 0.1) is 11.0 Å². The molecule has 0 spiro atoms. The molecular formula is C10H13N3. The molecule has 0 amide bonds. The molecule has 0 heterocycles. The van der Waals surface area contributed by atoms with Gasteiger partial charge in [-0.2, -0.15) is 5.10 Å². The Morgan fingerprint density at radius 3 is 2.69 bits per heavy atom. The van der Waals surface area contributed by atoms with E-state index in [0.29, 0.717) is 0 Å². The van der Waals surface area contributed by atoms with Gasteiger partial charge in [0, 0.05) is 13.3 Å². The first-order valence-corrected chi connectivity index (χ1v) is 4.14. The summed E-state index contributed by atoms with van der Waals surface area (Å²) in [6, 6.07) is 9.73. The second-order valence-corrected chi connectivity index (χ2v) is 2.43. The SMILES string of the molecule is CC=NNc1cccccc1=NC. The Kier molecular flexibility index (Phi) is 3.70. The highest BCUT2D eigenvalue weighted by molar-refractivity contribution is 5.55. The largest absolute Gasteiger partial charge is 0.286 e. The lowest BCUT2D eigenvalue weighted by atomic mass is 10.4. The fourth-order valence-electron chi connectivity index (χ4n) is 0.961. The van der Waals surface area contributed by atoms with Crippen molar-refractivity contribution >= 4 is 11.9 Å². The number of rotatable bonds is 2. The molecule has 0 saturated carbocycles. The van der Waals surface area contributed by atoms with Gasteiger partial charge in [0.15, 0.2) is 0 Å². The Morgan fingerprint density at radius 2 is 2.00 bits per heavy atom. The average Bonchev–Trinajstić information content (AvgIpc) is 2.39. The van der Waals surface area contributed by atoms with Crippen LogP contribution in [-0.2, 0) is 0 Å². The van der Waals surface area contributed by atoms with Crippen LogP contribution in [0.5, 0.6) is 0 Å². The lowest BCUT2D eigenvalue weighted by molar-refractivity contribution is 1.24. The highest BCUT2D eigenvalue weighted by Gasteiger charge is 1.88. The Labute approximate surface area is 77.8 Å². The molecule has 0 unspecified atom stereocenters. The molecule has 0 saturated heterocycles. The third-order valence-corrected chi connectivity index (χ3v) is 1.57. The predicted molar refractivity (Wildman–Crippen MR) is 55.7 cm³/mol. The summed E-state index contributed by atoms with van der Waals surface area (Å²) >= 11 is 0. The predicted octanol–water partition coefficient (Wildman–Crippen LogP) is 1.63. The third-order valence-electron chi connectivity index (χ3n) is 1.57. The molecule has 1 aromatic rings. The molecule has 13 heavy (non-hydrogen) atoms. The molecule has 0 aliphatic rings. The number of nitrogens with zero attached hydrogens (tertiary/aromatic N) is 2. The zero-order valence-corrected chi connectivity index (χ0v) is 7.86. The number of hydrogen-bond donors (Lipinski definition) is 1. The van der Waals surface area contributed by atoms with Crippen molar-refractivity contribution in [2.45, 2.75) is 6.92 Å². The van der Waals surface area contributed by atoms with Crippen molar-refractivity contribution in [2.75, 3.05) is 12.5 Å². The molecule has 0 aliphatic heterocycles. The monoisotopic (exact) mass is 175 g/mol. The standard InChI is InChI=1S/C10H13N3/c1-3-12-13-10-8-6-4-5-7-9(10)11-2/h3-8H,1-2H3,(H,11,13). The quantitative estimate of drug-likeness (QED) is 0.538. The first-order valence-electron chi connectivity index (χ1n) is 4.14. The normalized spacial score (nSPS) is 12.0. The van der Waals surface area contributed by atoms with E-state index in [1.165, 1.54) is 0 Å². The Balaban J connectivity index is 3.13. The summed E-state index contributed by atoms with van der Waals surface area (Å²) in [7, 11) is 1.76. The van der Waals surface area contributed by atoms with Gasteiger partial charge in [-0.15, -0.1) is 0 Å². The van der Waals surface area contributed by atoms with E-state index in [4.69, 9.17) is 0 Å². The van der Waals surface area contributed by atoms with Crippen LogP contribution < -0.4 is 10.8 Å². The molecule has 0 atom stereocenters. The van der Waals surface area contributed by atoms with E-state index in [1.54, 1.807) is 13.3 Å². The lowest BCUT2D eigenvalue weighted by Gasteiger charge is -1.95. The van der Waals surface area contributed by atoms with Crippen LogP contribution in [0.25, 0.3) is 0 Å². The minimum atomic E-state index is 0.899. The van der Waals surface area contributed by atoms with Crippen molar-refractivity contribution in [1.29, 1.82) is 0 Å². The molecule has 0 aromatic heterocycles. The maximum Gasteiger partial charge on any atom is 0.0820 e. The second-order valence-electron chi connectivity index (χ2n) is 2.43. The molecule has 3 heteroatoms. The number of anilines is 1. The van der Waals surface area contributed by atoms with Crippen LogP contribution in [-0.4, -0.2) is 13.3 Å². The number of nitrogens with one attached hydrogen (secondary N) is 1. The first-order chi connectivity index (χ1) is 6.38. The number of hydrogen-bond acceptors (Lipinski definition) is 3. The van der Waals surface area contributed by atoms with Crippen molar-refractivity contribution in [2.24, 2.45) is 10.1 Å². The molecular weight excluding hydrogens is 162 g/mol. The summed E-state index contributed by atoms with van der Waals surface area (Å²) in [5, 5.41) is 4.84. The van der Waals surface area contributed by atoms with Crippen LogP contribution >= 0.6 is 0 Å². The van der Waals surface area contributed by atoms with Crippen molar-refractivity contribution in [3.05, 3.63) is 35.7 Å². The Bertz CT molecular complexity index is 355. The van der Waals surface area contributed by atoms with E-state index in [9.17, 15) is 0 Å². The maximum atomic E-state index is 4.13. The molecule has 1 N–H and O–H groups in total. The van der Waals surface area contributed by atoms with Crippen LogP contribution in [0.2, 0.25) is 0 Å². The van der Waals surface area contributed by atoms with Gasteiger partial charge in [-0.05, 0) is 19.1 Å². The molecule has 0 fully saturated rings. The molecule has 68 valence electrons. The molecule has 1 aromatic carbocycles. The van der Waals surface area contributed by atoms with Crippen LogP contribution in [0, 0.1) is 0 Å². The second kappa shape index (κ2) is 5.09. The minimum Gasteiger partial charge on any atom is -0.286 e. The van der Waals surface area contributed by atoms with Gasteiger partial charge in [-0.3, -0.25) is 10.4 Å². The van der Waals surface area contributed by atoms with E-state index in [1.807, 2.05) is 37.3 Å². The van der Waals surface area contributed by atoms with Crippen molar-refractivity contribution < 1.29 is 0 Å². The highest BCUT2D eigenvalue weighted by atomic mass is 15.3. The summed E-state index contributed by atoms with van der Waals surface area (Å²) < 4.78 is 0. The minimum absolute atomic E-state index is 0.899. The van der Waals surface area contributed by atoms with Gasteiger partial charge in [0.1, 0.15) is 0 Å². The topological polar surface area (TPSA) is 36.8 Å². The van der Waals surface area contributed by atoms with Crippen molar-refractivity contribution in [3.63, 3.8) is 0 Å². The summed E-state index contributed by atoms with van der Waals surface area (Å²) in [5.41, 5.74) is 3.82.